The van der Waals surface area contributed by atoms with Gasteiger partial charge in [0.15, 0.2) is 24.0 Å². The van der Waals surface area contributed by atoms with Gasteiger partial charge in [-0.1, -0.05) is 29.3 Å². The van der Waals surface area contributed by atoms with Crippen LogP contribution in [-0.2, 0) is 32.1 Å². The van der Waals surface area contributed by atoms with Crippen LogP contribution < -0.4 is 9.88 Å². The van der Waals surface area contributed by atoms with Gasteiger partial charge in [-0.25, -0.2) is 9.59 Å². The van der Waals surface area contributed by atoms with E-state index in [4.69, 9.17) is 28.3 Å². The van der Waals surface area contributed by atoms with Crippen molar-refractivity contribution in [3.63, 3.8) is 0 Å². The number of benzene rings is 1. The summed E-state index contributed by atoms with van der Waals surface area (Å²) in [5.74, 6) is -2.60. The zero-order chi connectivity index (χ0) is 32.8. The Morgan fingerprint density at radius 2 is 1.98 bits per heavy atom. The third-order valence-electron chi connectivity index (χ3n) is 7.18. The molecule has 45 heavy (non-hydrogen) atoms. The van der Waals surface area contributed by atoms with Crippen molar-refractivity contribution in [2.24, 2.45) is 0 Å². The van der Waals surface area contributed by atoms with Gasteiger partial charge in [0.25, 0.3) is 5.91 Å². The number of carbonyl (C=O) groups is 4. The zero-order valence-electron chi connectivity index (χ0n) is 24.2. The molecule has 0 saturated carbocycles. The van der Waals surface area contributed by atoms with Gasteiger partial charge in [0, 0.05) is 58.2 Å². The molecule has 2 aliphatic heterocycles. The molecule has 3 atom stereocenters. The zero-order valence-corrected chi connectivity index (χ0v) is 28.2. The van der Waals surface area contributed by atoms with Crippen LogP contribution in [-0.4, -0.2) is 78.8 Å². The molecule has 0 unspecified atom stereocenters. The number of nitrogens with one attached hydrogen (secondary N) is 1. The Labute approximate surface area is 283 Å². The lowest BCUT2D eigenvalue weighted by atomic mass is 10.0. The first-order chi connectivity index (χ1) is 21.4. The molecule has 0 aliphatic carbocycles. The Morgan fingerprint density at radius 1 is 1.22 bits per heavy atom. The lowest BCUT2D eigenvalue weighted by molar-refractivity contribution is -0.711. The summed E-state index contributed by atoms with van der Waals surface area (Å²) in [6.45, 7) is 6.00. The topological polar surface area (TPSA) is 148 Å². The molecular weight excluding hydrogens is 681 g/mol. The summed E-state index contributed by atoms with van der Waals surface area (Å²) in [6, 6.07) is 8.02. The number of aromatic nitrogens is 1. The van der Waals surface area contributed by atoms with E-state index in [-0.39, 0.29) is 23.8 Å². The number of carbonyl (C=O) groups excluding carboxylic acids is 2. The molecular formula is C30H32Cl2N3O7S3+. The molecule has 15 heteroatoms. The minimum Gasteiger partial charge on any atom is -0.479 e. The average Bonchev–Trinajstić information content (AvgIpc) is 3.00. The summed E-state index contributed by atoms with van der Waals surface area (Å²) < 4.78 is 1.97. The predicted octanol–water partition coefficient (Wildman–Crippen LogP) is 4.17. The van der Waals surface area contributed by atoms with Crippen molar-refractivity contribution in [2.75, 3.05) is 17.3 Å². The third-order valence-corrected chi connectivity index (χ3v) is 11.3. The molecule has 240 valence electrons. The molecule has 10 nitrogen and oxygen atoms in total. The summed E-state index contributed by atoms with van der Waals surface area (Å²) in [7, 11) is 0. The van der Waals surface area contributed by atoms with Crippen LogP contribution in [0.15, 0.2) is 64.0 Å². The van der Waals surface area contributed by atoms with Crippen LogP contribution in [0.2, 0.25) is 10.0 Å². The van der Waals surface area contributed by atoms with E-state index in [2.05, 4.69) is 11.9 Å². The molecule has 2 aliphatic rings. The predicted molar refractivity (Wildman–Crippen MR) is 176 cm³/mol. The number of allylic oxidation sites excluding steroid dienone is 1. The number of hydrogen-bond acceptors (Lipinski definition) is 8. The van der Waals surface area contributed by atoms with E-state index in [1.165, 1.54) is 40.2 Å². The smallest absolute Gasteiger partial charge is 0.352 e. The highest BCUT2D eigenvalue weighted by atomic mass is 35.5. The lowest BCUT2D eigenvalue weighted by Crippen LogP contribution is -2.70. The van der Waals surface area contributed by atoms with Gasteiger partial charge >= 0.3 is 11.9 Å². The standard InChI is InChI=1S/C30H31Cl2N3O7S3/c1-3-4-5-19-12-20(10-16(2)34(19)9-8-22(36)29(39)40)43-13-17-14-45-28-25(27(38)35(28)26(17)30(41)42)33-24(37)15-44-23-11-18(31)6-7-21(23)32/h3,6-7,10-12,22,25,28,36H,1,4-5,8-9,13-15H2,2H3,(H2-,33,37,39,40,41,42)/p+1/t22-,25-,28-/m1/s1. The number of rotatable bonds is 15. The number of halogens is 2. The summed E-state index contributed by atoms with van der Waals surface area (Å²) >= 11 is 16.2. The molecule has 2 amide bonds. The van der Waals surface area contributed by atoms with Gasteiger partial charge in [-0.05, 0) is 30.2 Å². The van der Waals surface area contributed by atoms with Crippen LogP contribution in [0.4, 0.5) is 0 Å². The normalized spacial score (nSPS) is 18.2. The largest absolute Gasteiger partial charge is 0.479 e. The number of aliphatic carboxylic acids is 2. The lowest BCUT2D eigenvalue weighted by Gasteiger charge is -2.49. The highest BCUT2D eigenvalue weighted by Crippen LogP contribution is 2.42. The van der Waals surface area contributed by atoms with Gasteiger partial charge in [0.2, 0.25) is 5.91 Å². The Kier molecular flexibility index (Phi) is 12.3. The van der Waals surface area contributed by atoms with Crippen LogP contribution in [0.5, 0.6) is 0 Å². The molecule has 1 aromatic heterocycles. The van der Waals surface area contributed by atoms with Crippen LogP contribution in [0.25, 0.3) is 0 Å². The van der Waals surface area contributed by atoms with Gasteiger partial charge in [-0.2, -0.15) is 4.57 Å². The monoisotopic (exact) mass is 712 g/mol. The summed E-state index contributed by atoms with van der Waals surface area (Å²) in [5.41, 5.74) is 2.35. The fourth-order valence-electron chi connectivity index (χ4n) is 4.94. The van der Waals surface area contributed by atoms with E-state index in [1.807, 2.05) is 23.6 Å². The minimum atomic E-state index is -1.46. The molecule has 1 fully saturated rings. The van der Waals surface area contributed by atoms with Crippen molar-refractivity contribution in [2.45, 2.75) is 60.0 Å². The number of pyridine rings is 1. The van der Waals surface area contributed by atoms with E-state index in [1.54, 1.807) is 24.3 Å². The molecule has 0 radical (unpaired) electrons. The van der Waals surface area contributed by atoms with Crippen LogP contribution in [0.1, 0.15) is 24.2 Å². The van der Waals surface area contributed by atoms with E-state index in [0.29, 0.717) is 51.4 Å². The Bertz CT molecular complexity index is 1550. The molecule has 4 N–H and O–H groups in total. The van der Waals surface area contributed by atoms with Crippen molar-refractivity contribution in [1.29, 1.82) is 0 Å². The molecule has 0 bridgehead atoms. The second-order valence-corrected chi connectivity index (χ2v) is 14.3. The first-order valence-electron chi connectivity index (χ1n) is 13.9. The Hall–Kier alpha value is -2.68. The maximum Gasteiger partial charge on any atom is 0.352 e. The van der Waals surface area contributed by atoms with Crippen LogP contribution in [0, 0.1) is 6.92 Å². The van der Waals surface area contributed by atoms with Crippen molar-refractivity contribution in [1.82, 2.24) is 10.2 Å². The van der Waals surface area contributed by atoms with Crippen molar-refractivity contribution >= 4 is 82.2 Å². The number of fused-ring (bicyclic) bond motifs is 1. The van der Waals surface area contributed by atoms with Gasteiger partial charge in [-0.15, -0.1) is 41.9 Å². The van der Waals surface area contributed by atoms with Crippen molar-refractivity contribution < 1.29 is 39.1 Å². The van der Waals surface area contributed by atoms with Gasteiger partial charge < -0.3 is 20.6 Å². The summed E-state index contributed by atoms with van der Waals surface area (Å²) in [5, 5.41) is 32.0. The van der Waals surface area contributed by atoms with Crippen molar-refractivity contribution in [3.05, 3.63) is 75.7 Å². The number of aryl methyl sites for hydroxylation is 2. The Balaban J connectivity index is 1.43. The first kappa shape index (κ1) is 35.2. The van der Waals surface area contributed by atoms with E-state index in [0.717, 1.165) is 16.3 Å². The van der Waals surface area contributed by atoms with E-state index >= 15 is 0 Å². The molecule has 2 aromatic rings. The maximum absolute atomic E-state index is 13.1. The highest BCUT2D eigenvalue weighted by Gasteiger charge is 2.54. The molecule has 1 aromatic carbocycles. The van der Waals surface area contributed by atoms with Crippen molar-refractivity contribution in [3.8, 4) is 0 Å². The van der Waals surface area contributed by atoms with Crippen LogP contribution >= 0.6 is 58.5 Å². The highest BCUT2D eigenvalue weighted by molar-refractivity contribution is 8.01. The number of β-lactam (4-membered cyclic amide) rings is 1. The number of nitrogens with zero attached hydrogens (tertiary/aromatic N) is 2. The number of aliphatic hydroxyl groups excluding tert-OH is 1. The number of hydrogen-bond donors (Lipinski definition) is 4. The summed E-state index contributed by atoms with van der Waals surface area (Å²) in [6.07, 6.45) is 1.74. The number of aliphatic hydroxyl groups is 1. The van der Waals surface area contributed by atoms with Crippen LogP contribution in [0.3, 0.4) is 0 Å². The third kappa shape index (κ3) is 8.57. The SMILES string of the molecule is C=CCCc1cc(SCC2=C(C(=O)O)N3C(=O)[C@@H](NC(=O)CSc4cc(Cl)ccc4Cl)[C@H]3SC2)cc(C)[n+]1CC[C@@H](O)C(=O)O. The van der Waals surface area contributed by atoms with E-state index in [9.17, 15) is 29.4 Å². The quantitative estimate of drug-likeness (QED) is 0.0918. The number of carboxylic acid groups (broad SMARTS) is 2. The fraction of sp³-hybridized carbons (Fsp3) is 0.367. The van der Waals surface area contributed by atoms with Gasteiger partial charge in [0.05, 0.1) is 10.8 Å². The van der Waals surface area contributed by atoms with E-state index < -0.39 is 35.4 Å². The molecule has 3 heterocycles. The molecule has 0 spiro atoms. The number of thioether (sulfide) groups is 3. The average molecular weight is 714 g/mol. The molecule has 4 rings (SSSR count). The minimum absolute atomic E-state index is 0.0101. The fourth-order valence-corrected chi connectivity index (χ4v) is 8.77. The number of amides is 2. The van der Waals surface area contributed by atoms with Gasteiger partial charge in [0.1, 0.15) is 17.1 Å². The number of carboxylic acids is 2. The second kappa shape index (κ2) is 15.7. The first-order valence-corrected chi connectivity index (χ1v) is 17.6. The summed E-state index contributed by atoms with van der Waals surface area (Å²) in [4.78, 5) is 52.0. The van der Waals surface area contributed by atoms with Gasteiger partial charge in [-0.3, -0.25) is 14.5 Å². The maximum atomic E-state index is 13.1. The second-order valence-electron chi connectivity index (χ2n) is 10.3. The Morgan fingerprint density at radius 3 is 2.67 bits per heavy atom. The molecule has 1 saturated heterocycles.